The molecule has 1 aliphatic heterocycles. The van der Waals surface area contributed by atoms with Crippen LogP contribution in [-0.4, -0.2) is 33.3 Å². The highest BCUT2D eigenvalue weighted by molar-refractivity contribution is 6.01. The highest BCUT2D eigenvalue weighted by atomic mass is 19.4. The zero-order valence-corrected chi connectivity index (χ0v) is 18.5. The fraction of sp³-hybridized carbons (Fsp3) is 0.261. The van der Waals surface area contributed by atoms with Crippen LogP contribution in [0.15, 0.2) is 48.5 Å². The molecule has 0 fully saturated rings. The third-order valence-corrected chi connectivity index (χ3v) is 5.72. The maximum Gasteiger partial charge on any atom is 0.436 e. The number of carbonyl (C=O) groups excluding carboxylic acids is 1. The lowest BCUT2D eigenvalue weighted by Crippen LogP contribution is -2.30. The second kappa shape index (κ2) is 8.88. The molecule has 7 nitrogen and oxygen atoms in total. The van der Waals surface area contributed by atoms with Gasteiger partial charge in [-0.2, -0.15) is 31.4 Å². The number of halogens is 6. The number of benzene rings is 2. The summed E-state index contributed by atoms with van der Waals surface area (Å²) in [5.74, 6) is -2.43. The highest BCUT2D eigenvalue weighted by Crippen LogP contribution is 2.41. The summed E-state index contributed by atoms with van der Waals surface area (Å²) in [6.45, 7) is 1.59. The van der Waals surface area contributed by atoms with Gasteiger partial charge in [-0.15, -0.1) is 0 Å². The molecule has 1 unspecified atom stereocenters. The number of rotatable bonds is 5. The predicted octanol–water partition coefficient (Wildman–Crippen LogP) is 5.26. The number of aromatic nitrogens is 2. The highest BCUT2D eigenvalue weighted by Gasteiger charge is 2.44. The SMILES string of the molecule is CC(NC(=O)c1c(C(F)(F)F)nn2c1N(c1ccc(C(F)(F)F)cc1)CC2)c1ccc(C(=O)O)cc1. The number of fused-ring (bicyclic) bond motifs is 1. The minimum Gasteiger partial charge on any atom is -0.478 e. The smallest absolute Gasteiger partial charge is 0.436 e. The number of alkyl halides is 6. The largest absolute Gasteiger partial charge is 0.478 e. The number of anilines is 2. The summed E-state index contributed by atoms with van der Waals surface area (Å²) in [6, 6.07) is 8.50. The molecule has 0 saturated carbocycles. The van der Waals surface area contributed by atoms with Crippen molar-refractivity contribution in [2.24, 2.45) is 0 Å². The van der Waals surface area contributed by atoms with Gasteiger partial charge in [-0.05, 0) is 48.9 Å². The Balaban J connectivity index is 1.69. The summed E-state index contributed by atoms with van der Waals surface area (Å²) in [5.41, 5.74) is -2.48. The number of hydrogen-bond donors (Lipinski definition) is 2. The minimum atomic E-state index is -4.97. The van der Waals surface area contributed by atoms with Gasteiger partial charge in [0.25, 0.3) is 5.91 Å². The van der Waals surface area contributed by atoms with Crippen LogP contribution in [0, 0.1) is 0 Å². The number of aromatic carboxylic acids is 1. The van der Waals surface area contributed by atoms with Crippen molar-refractivity contribution in [2.75, 3.05) is 11.4 Å². The summed E-state index contributed by atoms with van der Waals surface area (Å²) in [7, 11) is 0. The summed E-state index contributed by atoms with van der Waals surface area (Å²) < 4.78 is 81.2. The Bertz CT molecular complexity index is 1300. The van der Waals surface area contributed by atoms with Crippen LogP contribution in [0.4, 0.5) is 37.8 Å². The fourth-order valence-corrected chi connectivity index (χ4v) is 3.94. The normalized spacial score (nSPS) is 14.5. The third kappa shape index (κ3) is 4.72. The first-order chi connectivity index (χ1) is 16.8. The predicted molar refractivity (Wildman–Crippen MR) is 115 cm³/mol. The summed E-state index contributed by atoms with van der Waals surface area (Å²) in [4.78, 5) is 25.5. The maximum atomic E-state index is 13.8. The summed E-state index contributed by atoms with van der Waals surface area (Å²) >= 11 is 0. The van der Waals surface area contributed by atoms with Crippen molar-refractivity contribution in [3.8, 4) is 0 Å². The number of carboxylic acid groups (broad SMARTS) is 1. The molecule has 4 rings (SSSR count). The Morgan fingerprint density at radius 3 is 2.08 bits per heavy atom. The second-order valence-electron chi connectivity index (χ2n) is 8.09. The third-order valence-electron chi connectivity index (χ3n) is 5.72. The van der Waals surface area contributed by atoms with E-state index in [1.54, 1.807) is 0 Å². The molecule has 1 aliphatic rings. The topological polar surface area (TPSA) is 87.5 Å². The van der Waals surface area contributed by atoms with Crippen LogP contribution in [0.1, 0.15) is 50.5 Å². The molecule has 13 heteroatoms. The van der Waals surface area contributed by atoms with E-state index in [0.29, 0.717) is 5.56 Å². The second-order valence-corrected chi connectivity index (χ2v) is 8.09. The van der Waals surface area contributed by atoms with Crippen molar-refractivity contribution in [1.29, 1.82) is 0 Å². The van der Waals surface area contributed by atoms with Crippen molar-refractivity contribution in [3.05, 3.63) is 76.5 Å². The molecule has 1 aromatic heterocycles. The van der Waals surface area contributed by atoms with Crippen molar-refractivity contribution >= 4 is 23.4 Å². The Kier molecular flexibility index (Phi) is 6.18. The molecule has 1 atom stereocenters. The molecule has 0 saturated heterocycles. The van der Waals surface area contributed by atoms with E-state index in [-0.39, 0.29) is 30.2 Å². The van der Waals surface area contributed by atoms with E-state index < -0.39 is 47.1 Å². The lowest BCUT2D eigenvalue weighted by molar-refractivity contribution is -0.142. The average molecular weight is 512 g/mol. The van der Waals surface area contributed by atoms with E-state index in [2.05, 4.69) is 10.4 Å². The van der Waals surface area contributed by atoms with Gasteiger partial charge in [0.05, 0.1) is 23.7 Å². The zero-order valence-electron chi connectivity index (χ0n) is 18.5. The quantitative estimate of drug-likeness (QED) is 0.456. The van der Waals surface area contributed by atoms with Crippen LogP contribution in [-0.2, 0) is 18.9 Å². The molecule has 2 heterocycles. The lowest BCUT2D eigenvalue weighted by Gasteiger charge is -2.21. The van der Waals surface area contributed by atoms with Crippen LogP contribution in [0.2, 0.25) is 0 Å². The Morgan fingerprint density at radius 2 is 1.56 bits per heavy atom. The molecule has 1 amide bonds. The molecular formula is C23H18F6N4O3. The molecule has 3 aromatic rings. The van der Waals surface area contributed by atoms with Crippen molar-refractivity contribution < 1.29 is 41.0 Å². The number of carbonyl (C=O) groups is 2. The first kappa shape index (κ1) is 25.1. The molecule has 2 N–H and O–H groups in total. The van der Waals surface area contributed by atoms with Gasteiger partial charge in [0.2, 0.25) is 0 Å². The van der Waals surface area contributed by atoms with Gasteiger partial charge < -0.3 is 15.3 Å². The van der Waals surface area contributed by atoms with Gasteiger partial charge in [0, 0.05) is 12.2 Å². The standard InChI is InChI=1S/C23H18F6N4O3/c1-12(13-2-4-14(5-3-13)21(35)36)30-19(34)17-18(23(27,28)29)31-33-11-10-32(20(17)33)16-8-6-15(7-9-16)22(24,25)26/h2-9,12H,10-11H2,1H3,(H,30,34)(H,35,36). The lowest BCUT2D eigenvalue weighted by atomic mass is 10.1. The van der Waals surface area contributed by atoms with E-state index in [1.807, 2.05) is 0 Å². The first-order valence-corrected chi connectivity index (χ1v) is 10.5. The van der Waals surface area contributed by atoms with Crippen LogP contribution in [0.3, 0.4) is 0 Å². The van der Waals surface area contributed by atoms with Crippen LogP contribution < -0.4 is 10.2 Å². The zero-order chi connectivity index (χ0) is 26.4. The van der Waals surface area contributed by atoms with Gasteiger partial charge in [0.1, 0.15) is 11.4 Å². The van der Waals surface area contributed by atoms with Crippen LogP contribution in [0.5, 0.6) is 0 Å². The molecule has 190 valence electrons. The van der Waals surface area contributed by atoms with Crippen molar-refractivity contribution in [1.82, 2.24) is 15.1 Å². The maximum absolute atomic E-state index is 13.8. The number of carboxylic acids is 1. The number of amides is 1. The molecular weight excluding hydrogens is 494 g/mol. The van der Waals surface area contributed by atoms with E-state index >= 15 is 0 Å². The Morgan fingerprint density at radius 1 is 0.944 bits per heavy atom. The van der Waals surface area contributed by atoms with Crippen LogP contribution >= 0.6 is 0 Å². The van der Waals surface area contributed by atoms with Gasteiger partial charge in [-0.25, -0.2) is 9.48 Å². The Hall–Kier alpha value is -4.03. The molecule has 2 aromatic carbocycles. The van der Waals surface area contributed by atoms with Gasteiger partial charge in [-0.1, -0.05) is 12.1 Å². The average Bonchev–Trinajstić information content (AvgIpc) is 3.38. The van der Waals surface area contributed by atoms with E-state index in [4.69, 9.17) is 5.11 Å². The summed E-state index contributed by atoms with van der Waals surface area (Å²) in [5, 5.41) is 15.1. The van der Waals surface area contributed by atoms with Gasteiger partial charge in [-0.3, -0.25) is 4.79 Å². The Labute approximate surface area is 199 Å². The first-order valence-electron chi connectivity index (χ1n) is 10.5. The van der Waals surface area contributed by atoms with E-state index in [9.17, 15) is 35.9 Å². The number of nitrogens with zero attached hydrogens (tertiary/aromatic N) is 3. The molecule has 36 heavy (non-hydrogen) atoms. The molecule has 0 aliphatic carbocycles. The van der Waals surface area contributed by atoms with Gasteiger partial charge in [0.15, 0.2) is 5.69 Å². The monoisotopic (exact) mass is 512 g/mol. The van der Waals surface area contributed by atoms with Crippen LogP contribution in [0.25, 0.3) is 0 Å². The van der Waals surface area contributed by atoms with Gasteiger partial charge >= 0.3 is 18.3 Å². The van der Waals surface area contributed by atoms with Crippen molar-refractivity contribution in [2.45, 2.75) is 31.9 Å². The fourth-order valence-electron chi connectivity index (χ4n) is 3.94. The minimum absolute atomic E-state index is 0.00160. The summed E-state index contributed by atoms with van der Waals surface area (Å²) in [6.07, 6.45) is -9.55. The molecule has 0 radical (unpaired) electrons. The molecule has 0 spiro atoms. The molecule has 0 bridgehead atoms. The van der Waals surface area contributed by atoms with E-state index in [1.165, 1.54) is 36.1 Å². The van der Waals surface area contributed by atoms with E-state index in [0.717, 1.165) is 28.9 Å². The number of hydrogen-bond acceptors (Lipinski definition) is 4. The van der Waals surface area contributed by atoms with Crippen molar-refractivity contribution in [3.63, 3.8) is 0 Å². The number of nitrogens with one attached hydrogen (secondary N) is 1.